The zero-order chi connectivity index (χ0) is 25.3. The Kier molecular flexibility index (Phi) is 10.3. The van der Waals surface area contributed by atoms with Crippen LogP contribution < -0.4 is 10.1 Å². The van der Waals surface area contributed by atoms with E-state index in [0.29, 0.717) is 25.2 Å². The fourth-order valence-corrected chi connectivity index (χ4v) is 6.20. The number of hydrogen-bond donors (Lipinski definition) is 1. The number of methoxy groups -OCH3 is 1. The van der Waals surface area contributed by atoms with Crippen LogP contribution in [0.25, 0.3) is 0 Å². The summed E-state index contributed by atoms with van der Waals surface area (Å²) in [6, 6.07) is 14.6. The smallest absolute Gasteiger partial charge is 0.243 e. The van der Waals surface area contributed by atoms with Crippen LogP contribution in [0.3, 0.4) is 0 Å². The van der Waals surface area contributed by atoms with Crippen LogP contribution in [0.1, 0.15) is 61.5 Å². The van der Waals surface area contributed by atoms with E-state index in [1.54, 1.807) is 29.6 Å². The maximum atomic E-state index is 13.1. The molecule has 1 saturated heterocycles. The lowest BCUT2D eigenvalue weighted by Gasteiger charge is -2.30. The molecule has 0 aliphatic carbocycles. The Balaban J connectivity index is 1.67. The number of benzene rings is 2. The van der Waals surface area contributed by atoms with Crippen molar-refractivity contribution in [3.8, 4) is 5.75 Å². The lowest BCUT2D eigenvalue weighted by Crippen LogP contribution is -2.37. The number of sulfonamides is 1. The Labute approximate surface area is 210 Å². The predicted octanol–water partition coefficient (Wildman–Crippen LogP) is 4.12. The topological polar surface area (TPSA) is 79.0 Å². The molecule has 3 rings (SSSR count). The molecule has 1 fully saturated rings. The average molecular weight is 502 g/mol. The molecule has 35 heavy (non-hydrogen) atoms. The highest BCUT2D eigenvalue weighted by Gasteiger charge is 2.26. The number of ether oxygens (including phenoxy) is 1. The van der Waals surface area contributed by atoms with E-state index in [1.165, 1.54) is 6.07 Å². The molecule has 0 radical (unpaired) electrons. The van der Waals surface area contributed by atoms with Gasteiger partial charge in [0.1, 0.15) is 5.75 Å². The molecule has 1 heterocycles. The number of likely N-dealkylation sites (N-methyl/N-ethyl adjacent to an activating group) is 1. The van der Waals surface area contributed by atoms with E-state index in [9.17, 15) is 13.2 Å². The maximum Gasteiger partial charge on any atom is 0.243 e. The second kappa shape index (κ2) is 13.2. The van der Waals surface area contributed by atoms with Crippen LogP contribution in [-0.2, 0) is 10.0 Å². The van der Waals surface area contributed by atoms with Crippen molar-refractivity contribution in [3.05, 3.63) is 59.7 Å². The fraction of sp³-hybridized carbons (Fsp3) is 0.519. The highest BCUT2D eigenvalue weighted by molar-refractivity contribution is 7.89. The Bertz CT molecular complexity index is 1040. The van der Waals surface area contributed by atoms with Crippen molar-refractivity contribution in [3.63, 3.8) is 0 Å². The van der Waals surface area contributed by atoms with Gasteiger partial charge in [-0.2, -0.15) is 4.31 Å². The van der Waals surface area contributed by atoms with Gasteiger partial charge in [0.05, 0.1) is 18.6 Å². The van der Waals surface area contributed by atoms with Crippen molar-refractivity contribution in [2.45, 2.75) is 50.5 Å². The average Bonchev–Trinajstić information content (AvgIpc) is 3.19. The van der Waals surface area contributed by atoms with Gasteiger partial charge in [-0.15, -0.1) is 0 Å². The molecule has 2 aromatic carbocycles. The van der Waals surface area contributed by atoms with E-state index in [1.807, 2.05) is 12.1 Å². The van der Waals surface area contributed by atoms with Gasteiger partial charge < -0.3 is 10.1 Å². The number of rotatable bonds is 12. The molecule has 1 atom stereocenters. The minimum absolute atomic E-state index is 0.110. The molecule has 0 spiro atoms. The lowest BCUT2D eigenvalue weighted by atomic mass is 10.0. The van der Waals surface area contributed by atoms with Crippen molar-refractivity contribution in [1.82, 2.24) is 14.5 Å². The lowest BCUT2D eigenvalue weighted by molar-refractivity contribution is 0.0986. The first-order valence-corrected chi connectivity index (χ1v) is 14.1. The molecular formula is C27H39N3O4S. The minimum Gasteiger partial charge on any atom is -0.497 e. The Hall–Kier alpha value is -2.26. The summed E-state index contributed by atoms with van der Waals surface area (Å²) in [5, 5.41) is 3.31. The van der Waals surface area contributed by atoms with Gasteiger partial charge >= 0.3 is 0 Å². The van der Waals surface area contributed by atoms with Crippen LogP contribution in [0.15, 0.2) is 53.4 Å². The molecular weight excluding hydrogens is 462 g/mol. The summed E-state index contributed by atoms with van der Waals surface area (Å²) in [6.07, 6.45) is 3.87. The number of carbonyl (C=O) groups is 1. The molecule has 7 nitrogen and oxygen atoms in total. The number of ketones is 1. The first-order valence-electron chi connectivity index (χ1n) is 12.6. The van der Waals surface area contributed by atoms with Gasteiger partial charge in [0.25, 0.3) is 0 Å². The molecule has 0 bridgehead atoms. The van der Waals surface area contributed by atoms with Crippen LogP contribution >= 0.6 is 0 Å². The predicted molar refractivity (Wildman–Crippen MR) is 140 cm³/mol. The zero-order valence-corrected chi connectivity index (χ0v) is 22.0. The Morgan fingerprint density at radius 2 is 1.69 bits per heavy atom. The van der Waals surface area contributed by atoms with E-state index in [2.05, 4.69) is 36.2 Å². The Morgan fingerprint density at radius 3 is 2.29 bits per heavy atom. The third-order valence-corrected chi connectivity index (χ3v) is 8.63. The molecule has 8 heteroatoms. The largest absolute Gasteiger partial charge is 0.497 e. The Morgan fingerprint density at radius 1 is 1.03 bits per heavy atom. The quantitative estimate of drug-likeness (QED) is 0.441. The standard InChI is InChI=1S/C27H39N3O4S/c1-4-29(5-2)26(22-13-15-24(34-3)16-14-22)20-28-21-27(31)23-11-10-12-25(19-23)35(32,33)30-17-8-6-7-9-18-30/h10-16,19,26,28H,4-9,17-18,20-21H2,1-3H3. The van der Waals surface area contributed by atoms with Gasteiger partial charge in [-0.05, 0) is 55.8 Å². The van der Waals surface area contributed by atoms with Crippen molar-refractivity contribution in [1.29, 1.82) is 0 Å². The number of nitrogens with one attached hydrogen (secondary N) is 1. The van der Waals surface area contributed by atoms with Crippen molar-refractivity contribution < 1.29 is 17.9 Å². The van der Waals surface area contributed by atoms with Gasteiger partial charge in [-0.1, -0.05) is 51.0 Å². The summed E-state index contributed by atoms with van der Waals surface area (Å²) in [4.78, 5) is 15.5. The molecule has 1 unspecified atom stereocenters. The van der Waals surface area contributed by atoms with E-state index in [4.69, 9.17) is 4.74 Å². The third kappa shape index (κ3) is 7.13. The zero-order valence-electron chi connectivity index (χ0n) is 21.2. The van der Waals surface area contributed by atoms with Crippen LogP contribution in [-0.4, -0.2) is 69.8 Å². The first kappa shape index (κ1) is 27.3. The van der Waals surface area contributed by atoms with Crippen molar-refractivity contribution in [2.75, 3.05) is 46.4 Å². The summed E-state index contributed by atoms with van der Waals surface area (Å²) in [6.45, 7) is 7.86. The molecule has 1 aliphatic heterocycles. The van der Waals surface area contributed by atoms with Crippen LogP contribution in [0.2, 0.25) is 0 Å². The summed E-state index contributed by atoms with van der Waals surface area (Å²) >= 11 is 0. The maximum absolute atomic E-state index is 13.1. The molecule has 192 valence electrons. The molecule has 0 aromatic heterocycles. The molecule has 2 aromatic rings. The van der Waals surface area contributed by atoms with Gasteiger partial charge in [-0.25, -0.2) is 8.42 Å². The summed E-state index contributed by atoms with van der Waals surface area (Å²) in [5.41, 5.74) is 1.57. The fourth-order valence-electron chi connectivity index (χ4n) is 4.63. The monoisotopic (exact) mass is 501 g/mol. The summed E-state index contributed by atoms with van der Waals surface area (Å²) in [5.74, 6) is 0.691. The first-order chi connectivity index (χ1) is 16.9. The van der Waals surface area contributed by atoms with Crippen LogP contribution in [0, 0.1) is 0 Å². The molecule has 0 saturated carbocycles. The normalized spacial score (nSPS) is 16.1. The minimum atomic E-state index is -3.59. The van der Waals surface area contributed by atoms with Crippen LogP contribution in [0.5, 0.6) is 5.75 Å². The van der Waals surface area contributed by atoms with Gasteiger partial charge in [0.2, 0.25) is 10.0 Å². The van der Waals surface area contributed by atoms with Crippen LogP contribution in [0.4, 0.5) is 0 Å². The molecule has 1 N–H and O–H groups in total. The third-order valence-electron chi connectivity index (χ3n) is 6.74. The second-order valence-electron chi connectivity index (χ2n) is 8.91. The van der Waals surface area contributed by atoms with E-state index >= 15 is 0 Å². The molecule has 1 aliphatic rings. The highest BCUT2D eigenvalue weighted by Crippen LogP contribution is 2.23. The highest BCUT2D eigenvalue weighted by atomic mass is 32.2. The van der Waals surface area contributed by atoms with Gasteiger partial charge in [-0.3, -0.25) is 9.69 Å². The molecule has 0 amide bonds. The number of nitrogens with zero attached hydrogens (tertiary/aromatic N) is 2. The SMILES string of the molecule is CCN(CC)C(CNCC(=O)c1cccc(S(=O)(=O)N2CCCCCC2)c1)c1ccc(OC)cc1. The summed E-state index contributed by atoms with van der Waals surface area (Å²) in [7, 11) is -1.94. The van der Waals surface area contributed by atoms with Crippen molar-refractivity contribution in [2.24, 2.45) is 0 Å². The summed E-state index contributed by atoms with van der Waals surface area (Å²) < 4.78 is 33.1. The van der Waals surface area contributed by atoms with Crippen molar-refractivity contribution >= 4 is 15.8 Å². The van der Waals surface area contributed by atoms with E-state index in [-0.39, 0.29) is 23.3 Å². The number of carbonyl (C=O) groups excluding carboxylic acids is 1. The number of hydrogen-bond acceptors (Lipinski definition) is 6. The number of Topliss-reactive ketones (excluding diaryl/α,β-unsaturated/α-hetero) is 1. The van der Waals surface area contributed by atoms with E-state index in [0.717, 1.165) is 50.1 Å². The van der Waals surface area contributed by atoms with Gasteiger partial charge in [0, 0.05) is 31.2 Å². The van der Waals surface area contributed by atoms with Gasteiger partial charge in [0.15, 0.2) is 5.78 Å². The second-order valence-corrected chi connectivity index (χ2v) is 10.8. The van der Waals surface area contributed by atoms with E-state index < -0.39 is 10.0 Å².